The molecule has 6 heteroatoms. The van der Waals surface area contributed by atoms with Crippen molar-refractivity contribution in [2.24, 2.45) is 11.7 Å². The van der Waals surface area contributed by atoms with Crippen molar-refractivity contribution < 1.29 is 9.31 Å². The SMILES string of the molecule is CC1CCN(c2ccc(F)cc2[N+](=O)[O-])CC1N. The van der Waals surface area contributed by atoms with Gasteiger partial charge in [0.1, 0.15) is 11.5 Å². The number of rotatable bonds is 2. The van der Waals surface area contributed by atoms with E-state index in [0.29, 0.717) is 24.7 Å². The lowest BCUT2D eigenvalue weighted by Crippen LogP contribution is -2.47. The third-order valence-corrected chi connectivity index (χ3v) is 3.49. The Morgan fingerprint density at radius 1 is 1.56 bits per heavy atom. The minimum atomic E-state index is -0.597. The monoisotopic (exact) mass is 253 g/mol. The smallest absolute Gasteiger partial charge is 0.295 e. The zero-order valence-electron chi connectivity index (χ0n) is 10.2. The molecule has 0 saturated carbocycles. The lowest BCUT2D eigenvalue weighted by atomic mass is 9.94. The predicted octanol–water partition coefficient (Wildman–Crippen LogP) is 1.91. The highest BCUT2D eigenvalue weighted by Crippen LogP contribution is 2.31. The topological polar surface area (TPSA) is 72.4 Å². The van der Waals surface area contributed by atoms with Gasteiger partial charge in [-0.3, -0.25) is 10.1 Å². The lowest BCUT2D eigenvalue weighted by Gasteiger charge is -2.36. The average molecular weight is 253 g/mol. The van der Waals surface area contributed by atoms with Crippen molar-refractivity contribution in [3.05, 3.63) is 34.1 Å². The van der Waals surface area contributed by atoms with Crippen molar-refractivity contribution in [3.63, 3.8) is 0 Å². The molecule has 1 aliphatic heterocycles. The van der Waals surface area contributed by atoms with E-state index in [2.05, 4.69) is 6.92 Å². The first-order valence-corrected chi connectivity index (χ1v) is 5.93. The quantitative estimate of drug-likeness (QED) is 0.645. The molecule has 1 saturated heterocycles. The molecule has 1 fully saturated rings. The Hall–Kier alpha value is -1.69. The standard InChI is InChI=1S/C12H16FN3O2/c1-8-4-5-15(7-10(8)14)11-3-2-9(13)6-12(11)16(17)18/h2-3,6,8,10H,4-5,7,14H2,1H3. The molecule has 0 radical (unpaired) electrons. The molecule has 2 rings (SSSR count). The first-order chi connectivity index (χ1) is 8.49. The summed E-state index contributed by atoms with van der Waals surface area (Å²) in [6.07, 6.45) is 0.885. The molecule has 2 atom stereocenters. The fourth-order valence-corrected chi connectivity index (χ4v) is 2.23. The van der Waals surface area contributed by atoms with E-state index >= 15 is 0 Å². The first-order valence-electron chi connectivity index (χ1n) is 5.93. The molecular formula is C12H16FN3O2. The summed E-state index contributed by atoms with van der Waals surface area (Å²) in [5.41, 5.74) is 6.23. The van der Waals surface area contributed by atoms with Gasteiger partial charge in [0.15, 0.2) is 0 Å². The Morgan fingerprint density at radius 3 is 2.89 bits per heavy atom. The Labute approximate surface area is 105 Å². The van der Waals surface area contributed by atoms with Gasteiger partial charge in [-0.05, 0) is 24.5 Å². The second-order valence-corrected chi connectivity index (χ2v) is 4.77. The number of anilines is 1. The van der Waals surface area contributed by atoms with Crippen LogP contribution in [0.2, 0.25) is 0 Å². The van der Waals surface area contributed by atoms with Crippen LogP contribution in [0, 0.1) is 21.8 Å². The van der Waals surface area contributed by atoms with Gasteiger partial charge in [0.2, 0.25) is 0 Å². The molecule has 1 aromatic carbocycles. The van der Waals surface area contributed by atoms with Crippen LogP contribution in [0.3, 0.4) is 0 Å². The van der Waals surface area contributed by atoms with Gasteiger partial charge in [-0.15, -0.1) is 0 Å². The highest BCUT2D eigenvalue weighted by molar-refractivity contribution is 5.63. The highest BCUT2D eigenvalue weighted by Gasteiger charge is 2.27. The molecule has 18 heavy (non-hydrogen) atoms. The molecule has 1 aliphatic rings. The van der Waals surface area contributed by atoms with Crippen LogP contribution in [0.15, 0.2) is 18.2 Å². The molecule has 2 unspecified atom stereocenters. The predicted molar refractivity (Wildman–Crippen MR) is 67.0 cm³/mol. The van der Waals surface area contributed by atoms with Crippen molar-refractivity contribution in [1.29, 1.82) is 0 Å². The fraction of sp³-hybridized carbons (Fsp3) is 0.500. The first kappa shape index (κ1) is 12.8. The van der Waals surface area contributed by atoms with Crippen molar-refractivity contribution >= 4 is 11.4 Å². The van der Waals surface area contributed by atoms with Gasteiger partial charge >= 0.3 is 0 Å². The van der Waals surface area contributed by atoms with Crippen molar-refractivity contribution in [2.75, 3.05) is 18.0 Å². The molecule has 0 bridgehead atoms. The maximum absolute atomic E-state index is 13.1. The number of piperidine rings is 1. The van der Waals surface area contributed by atoms with Crippen LogP contribution in [0.4, 0.5) is 15.8 Å². The van der Waals surface area contributed by atoms with E-state index in [0.717, 1.165) is 12.5 Å². The molecule has 1 aromatic rings. The number of nitrogens with two attached hydrogens (primary N) is 1. The van der Waals surface area contributed by atoms with E-state index < -0.39 is 10.7 Å². The van der Waals surface area contributed by atoms with E-state index in [1.165, 1.54) is 12.1 Å². The Kier molecular flexibility index (Phi) is 3.47. The van der Waals surface area contributed by atoms with E-state index in [1.54, 1.807) is 0 Å². The lowest BCUT2D eigenvalue weighted by molar-refractivity contribution is -0.384. The molecule has 0 aromatic heterocycles. The Balaban J connectivity index is 2.30. The zero-order valence-corrected chi connectivity index (χ0v) is 10.2. The number of hydrogen-bond acceptors (Lipinski definition) is 4. The Morgan fingerprint density at radius 2 is 2.28 bits per heavy atom. The maximum Gasteiger partial charge on any atom is 0.295 e. The third kappa shape index (κ3) is 2.43. The number of nitro benzene ring substituents is 1. The minimum absolute atomic E-state index is 0.0107. The van der Waals surface area contributed by atoms with Crippen LogP contribution >= 0.6 is 0 Å². The molecular weight excluding hydrogens is 237 g/mol. The van der Waals surface area contributed by atoms with Gasteiger partial charge in [0.05, 0.1) is 11.0 Å². The molecule has 1 heterocycles. The van der Waals surface area contributed by atoms with E-state index in [4.69, 9.17) is 5.73 Å². The number of benzene rings is 1. The summed E-state index contributed by atoms with van der Waals surface area (Å²) < 4.78 is 13.1. The van der Waals surface area contributed by atoms with Crippen LogP contribution in [0.1, 0.15) is 13.3 Å². The normalized spacial score (nSPS) is 24.1. The molecule has 0 amide bonds. The van der Waals surface area contributed by atoms with Gasteiger partial charge in [-0.1, -0.05) is 6.92 Å². The van der Waals surface area contributed by atoms with Crippen molar-refractivity contribution in [2.45, 2.75) is 19.4 Å². The molecule has 98 valence electrons. The average Bonchev–Trinajstić information content (AvgIpc) is 2.32. The van der Waals surface area contributed by atoms with Crippen LogP contribution < -0.4 is 10.6 Å². The Bertz CT molecular complexity index is 467. The summed E-state index contributed by atoms with van der Waals surface area (Å²) in [5.74, 6) is -0.194. The third-order valence-electron chi connectivity index (χ3n) is 3.49. The maximum atomic E-state index is 13.1. The molecule has 2 N–H and O–H groups in total. The molecule has 0 aliphatic carbocycles. The highest BCUT2D eigenvalue weighted by atomic mass is 19.1. The summed E-state index contributed by atoms with van der Waals surface area (Å²) in [4.78, 5) is 12.3. The number of hydrogen-bond donors (Lipinski definition) is 1. The van der Waals surface area contributed by atoms with E-state index in [9.17, 15) is 14.5 Å². The molecule has 5 nitrogen and oxygen atoms in total. The van der Waals surface area contributed by atoms with E-state index in [-0.39, 0.29) is 11.7 Å². The summed E-state index contributed by atoms with van der Waals surface area (Å²) in [6, 6.07) is 3.64. The summed E-state index contributed by atoms with van der Waals surface area (Å²) in [7, 11) is 0. The van der Waals surface area contributed by atoms with Crippen molar-refractivity contribution in [3.8, 4) is 0 Å². The van der Waals surface area contributed by atoms with Gasteiger partial charge in [-0.25, -0.2) is 4.39 Å². The second kappa shape index (κ2) is 4.89. The van der Waals surface area contributed by atoms with E-state index in [1.807, 2.05) is 4.90 Å². The van der Waals surface area contributed by atoms with Gasteiger partial charge in [-0.2, -0.15) is 0 Å². The number of halogens is 1. The second-order valence-electron chi connectivity index (χ2n) is 4.77. The van der Waals surface area contributed by atoms with Crippen LogP contribution in [0.5, 0.6) is 0 Å². The van der Waals surface area contributed by atoms with Crippen LogP contribution in [0.25, 0.3) is 0 Å². The zero-order chi connectivity index (χ0) is 13.3. The van der Waals surface area contributed by atoms with Crippen molar-refractivity contribution in [1.82, 2.24) is 0 Å². The van der Waals surface area contributed by atoms with Gasteiger partial charge in [0, 0.05) is 19.1 Å². The summed E-state index contributed by atoms with van der Waals surface area (Å²) >= 11 is 0. The van der Waals surface area contributed by atoms with Gasteiger partial charge < -0.3 is 10.6 Å². The minimum Gasteiger partial charge on any atom is -0.364 e. The summed E-state index contributed by atoms with van der Waals surface area (Å²) in [6.45, 7) is 3.34. The molecule has 0 spiro atoms. The van der Waals surface area contributed by atoms with Gasteiger partial charge in [0.25, 0.3) is 5.69 Å². The fourth-order valence-electron chi connectivity index (χ4n) is 2.23. The largest absolute Gasteiger partial charge is 0.364 e. The number of nitrogens with zero attached hydrogens (tertiary/aromatic N) is 2. The van der Waals surface area contributed by atoms with Crippen LogP contribution in [-0.4, -0.2) is 24.1 Å². The number of nitro groups is 1. The summed E-state index contributed by atoms with van der Waals surface area (Å²) in [5, 5.41) is 10.9. The van der Waals surface area contributed by atoms with Crippen LogP contribution in [-0.2, 0) is 0 Å².